The van der Waals surface area contributed by atoms with Crippen LogP contribution in [-0.2, 0) is 9.53 Å². The topological polar surface area (TPSA) is 26.3 Å². The normalized spacial score (nSPS) is 11.3. The Balaban J connectivity index is 4.14. The van der Waals surface area contributed by atoms with Gasteiger partial charge in [-0.2, -0.15) is 0 Å². The highest BCUT2D eigenvalue weighted by atomic mass is 28.3. The largest absolute Gasteiger partial charge is 0.463 e. The second kappa shape index (κ2) is 9.37. The van der Waals surface area contributed by atoms with Gasteiger partial charge in [0, 0.05) is 5.57 Å². The molecule has 0 saturated carbocycles. The van der Waals surface area contributed by atoms with Crippen LogP contribution in [0.3, 0.4) is 0 Å². The molecule has 0 fully saturated rings. The van der Waals surface area contributed by atoms with Crippen LogP contribution in [0.2, 0.25) is 24.7 Å². The molecule has 18 heavy (non-hydrogen) atoms. The first-order valence-corrected chi connectivity index (χ1v) is 10.4. The number of ether oxygens (including phenoxy) is 1. The number of rotatable bonds is 10. The second-order valence-corrected chi connectivity index (χ2v) is 10.8. The standard InChI is InChI=1S/C15H30O2Si/c1-6-8-11-18(5,12-9-7-2)13-10-17-15(16)14(3)4/h3,6-13H2,1-2,4-5H3. The molecule has 0 unspecified atom stereocenters. The van der Waals surface area contributed by atoms with E-state index in [1.807, 2.05) is 0 Å². The van der Waals surface area contributed by atoms with Crippen LogP contribution in [-0.4, -0.2) is 20.7 Å². The molecule has 0 aromatic rings. The molecule has 0 spiro atoms. The SMILES string of the molecule is C=C(C)C(=O)OCC[Si](C)(CCCC)CCCC. The van der Waals surface area contributed by atoms with Crippen LogP contribution in [0.5, 0.6) is 0 Å². The fourth-order valence-electron chi connectivity index (χ4n) is 2.10. The van der Waals surface area contributed by atoms with Crippen LogP contribution >= 0.6 is 0 Å². The second-order valence-electron chi connectivity index (χ2n) is 5.68. The monoisotopic (exact) mass is 270 g/mol. The molecule has 106 valence electrons. The molecule has 0 rings (SSSR count). The van der Waals surface area contributed by atoms with Crippen LogP contribution in [0.4, 0.5) is 0 Å². The summed E-state index contributed by atoms with van der Waals surface area (Å²) in [7, 11) is -1.20. The van der Waals surface area contributed by atoms with Gasteiger partial charge < -0.3 is 4.74 Å². The third kappa shape index (κ3) is 7.70. The Bertz CT molecular complexity index is 253. The maximum atomic E-state index is 11.4. The fraction of sp³-hybridized carbons (Fsp3) is 0.800. The number of hydrogen-bond acceptors (Lipinski definition) is 2. The molecule has 0 radical (unpaired) electrons. The Morgan fingerprint density at radius 1 is 1.11 bits per heavy atom. The molecule has 3 heteroatoms. The number of hydrogen-bond donors (Lipinski definition) is 0. The Morgan fingerprint density at radius 2 is 1.61 bits per heavy atom. The van der Waals surface area contributed by atoms with Crippen LogP contribution in [0.25, 0.3) is 0 Å². The zero-order valence-electron chi connectivity index (χ0n) is 12.7. The van der Waals surface area contributed by atoms with Gasteiger partial charge >= 0.3 is 5.97 Å². The molecule has 0 aliphatic heterocycles. The van der Waals surface area contributed by atoms with Gasteiger partial charge in [-0.05, 0) is 13.0 Å². The summed E-state index contributed by atoms with van der Waals surface area (Å²) in [5, 5.41) is 0. The van der Waals surface area contributed by atoms with Crippen LogP contribution < -0.4 is 0 Å². The van der Waals surface area contributed by atoms with E-state index in [0.29, 0.717) is 12.2 Å². The van der Waals surface area contributed by atoms with Crippen molar-refractivity contribution < 1.29 is 9.53 Å². The summed E-state index contributed by atoms with van der Waals surface area (Å²) in [5.41, 5.74) is 0.500. The summed E-state index contributed by atoms with van der Waals surface area (Å²) in [6, 6.07) is 3.84. The lowest BCUT2D eigenvalue weighted by Gasteiger charge is -2.27. The molecule has 0 saturated heterocycles. The molecule has 0 amide bonds. The third-order valence-electron chi connectivity index (χ3n) is 3.56. The molecule has 0 atom stereocenters. The smallest absolute Gasteiger partial charge is 0.333 e. The quantitative estimate of drug-likeness (QED) is 0.324. The van der Waals surface area contributed by atoms with Gasteiger partial charge in [0.05, 0.1) is 14.7 Å². The van der Waals surface area contributed by atoms with Gasteiger partial charge in [-0.1, -0.05) is 64.7 Å². The van der Waals surface area contributed by atoms with E-state index in [1.165, 1.54) is 37.8 Å². The minimum atomic E-state index is -1.20. The van der Waals surface area contributed by atoms with E-state index in [1.54, 1.807) is 6.92 Å². The van der Waals surface area contributed by atoms with Gasteiger partial charge in [-0.15, -0.1) is 0 Å². The Labute approximate surface area is 114 Å². The molecule has 0 aromatic heterocycles. The van der Waals surface area contributed by atoms with Crippen molar-refractivity contribution in [2.45, 2.75) is 71.1 Å². The molecule has 0 aliphatic carbocycles. The van der Waals surface area contributed by atoms with Gasteiger partial charge in [0.1, 0.15) is 0 Å². The van der Waals surface area contributed by atoms with Gasteiger partial charge in [-0.3, -0.25) is 0 Å². The van der Waals surface area contributed by atoms with Crippen molar-refractivity contribution >= 4 is 14.0 Å². The molecule has 0 heterocycles. The number of unbranched alkanes of at least 4 members (excludes halogenated alkanes) is 2. The predicted molar refractivity (Wildman–Crippen MR) is 81.6 cm³/mol. The maximum absolute atomic E-state index is 11.4. The Hall–Kier alpha value is -0.573. The average molecular weight is 270 g/mol. The Kier molecular flexibility index (Phi) is 9.07. The van der Waals surface area contributed by atoms with Gasteiger partial charge in [0.25, 0.3) is 0 Å². The number of carbonyl (C=O) groups excluding carboxylic acids is 1. The molecule has 0 bridgehead atoms. The fourth-order valence-corrected chi connectivity index (χ4v) is 5.85. The minimum absolute atomic E-state index is 0.239. The lowest BCUT2D eigenvalue weighted by Crippen LogP contribution is -2.31. The highest BCUT2D eigenvalue weighted by Crippen LogP contribution is 2.26. The van der Waals surface area contributed by atoms with Crippen molar-refractivity contribution in [3.05, 3.63) is 12.2 Å². The van der Waals surface area contributed by atoms with E-state index < -0.39 is 8.07 Å². The van der Waals surface area contributed by atoms with E-state index >= 15 is 0 Å². The molecular formula is C15H30O2Si. The van der Waals surface area contributed by atoms with Crippen molar-refractivity contribution in [3.63, 3.8) is 0 Å². The van der Waals surface area contributed by atoms with E-state index in [0.717, 1.165) is 6.04 Å². The predicted octanol–water partition coefficient (Wildman–Crippen LogP) is 4.78. The zero-order valence-corrected chi connectivity index (χ0v) is 13.7. The van der Waals surface area contributed by atoms with Gasteiger partial charge in [0.2, 0.25) is 0 Å². The van der Waals surface area contributed by atoms with Crippen molar-refractivity contribution in [2.24, 2.45) is 0 Å². The van der Waals surface area contributed by atoms with Crippen molar-refractivity contribution in [1.82, 2.24) is 0 Å². The van der Waals surface area contributed by atoms with Crippen molar-refractivity contribution in [3.8, 4) is 0 Å². The summed E-state index contributed by atoms with van der Waals surface area (Å²) in [4.78, 5) is 11.4. The van der Waals surface area contributed by atoms with Crippen LogP contribution in [0.15, 0.2) is 12.2 Å². The molecular weight excluding hydrogens is 240 g/mol. The summed E-state index contributed by atoms with van der Waals surface area (Å²) in [5.74, 6) is -0.239. The zero-order chi connectivity index (χ0) is 14.0. The van der Waals surface area contributed by atoms with E-state index in [4.69, 9.17) is 4.74 Å². The molecule has 0 aromatic carbocycles. The lowest BCUT2D eigenvalue weighted by molar-refractivity contribution is -0.138. The molecule has 0 N–H and O–H groups in total. The van der Waals surface area contributed by atoms with Crippen LogP contribution in [0, 0.1) is 0 Å². The number of esters is 1. The molecule has 2 nitrogen and oxygen atoms in total. The number of carbonyl (C=O) groups is 1. The van der Waals surface area contributed by atoms with Crippen LogP contribution in [0.1, 0.15) is 46.5 Å². The van der Waals surface area contributed by atoms with Crippen molar-refractivity contribution in [1.29, 1.82) is 0 Å². The van der Waals surface area contributed by atoms with E-state index in [2.05, 4.69) is 27.0 Å². The first kappa shape index (κ1) is 17.4. The summed E-state index contributed by atoms with van der Waals surface area (Å²) in [6.07, 6.45) is 5.17. The first-order chi connectivity index (χ1) is 8.45. The third-order valence-corrected chi connectivity index (χ3v) is 8.09. The minimum Gasteiger partial charge on any atom is -0.463 e. The average Bonchev–Trinajstić information content (AvgIpc) is 2.34. The first-order valence-electron chi connectivity index (χ1n) is 7.28. The summed E-state index contributed by atoms with van der Waals surface area (Å²) in [6.45, 7) is 12.8. The molecule has 0 aliphatic rings. The lowest BCUT2D eigenvalue weighted by atomic mass is 10.4. The summed E-state index contributed by atoms with van der Waals surface area (Å²) < 4.78 is 5.26. The van der Waals surface area contributed by atoms with E-state index in [-0.39, 0.29) is 5.97 Å². The van der Waals surface area contributed by atoms with Gasteiger partial charge in [-0.25, -0.2) is 4.79 Å². The maximum Gasteiger partial charge on any atom is 0.333 e. The highest BCUT2D eigenvalue weighted by Gasteiger charge is 2.25. The van der Waals surface area contributed by atoms with E-state index in [9.17, 15) is 4.79 Å². The van der Waals surface area contributed by atoms with Crippen molar-refractivity contribution in [2.75, 3.05) is 6.61 Å². The Morgan fingerprint density at radius 3 is 2.00 bits per heavy atom. The highest BCUT2D eigenvalue weighted by molar-refractivity contribution is 6.78. The summed E-state index contributed by atoms with van der Waals surface area (Å²) >= 11 is 0. The van der Waals surface area contributed by atoms with Gasteiger partial charge in [0.15, 0.2) is 0 Å².